The van der Waals surface area contributed by atoms with Crippen LogP contribution in [0.3, 0.4) is 0 Å². The Morgan fingerprint density at radius 3 is 2.59 bits per heavy atom. The molecule has 0 radical (unpaired) electrons. The van der Waals surface area contributed by atoms with Gasteiger partial charge >= 0.3 is 0 Å². The maximum Gasteiger partial charge on any atom is 0.275 e. The molecule has 1 aliphatic rings. The number of carbonyl (C=O) groups is 1. The average Bonchev–Trinajstić information content (AvgIpc) is 3.06. The summed E-state index contributed by atoms with van der Waals surface area (Å²) in [5.74, 6) is 3.10. The molecular weight excluding hydrogens is 391 g/mol. The highest BCUT2D eigenvalue weighted by Gasteiger charge is 2.19. The van der Waals surface area contributed by atoms with Crippen molar-refractivity contribution >= 4 is 43.7 Å². The minimum Gasteiger partial charge on any atom is -0.381 e. The van der Waals surface area contributed by atoms with Crippen molar-refractivity contribution in [3.63, 3.8) is 0 Å². The highest BCUT2D eigenvalue weighted by atomic mass is 32.2. The van der Waals surface area contributed by atoms with Crippen molar-refractivity contribution < 1.29 is 18.1 Å². The van der Waals surface area contributed by atoms with E-state index in [1.54, 1.807) is 12.1 Å². The zero-order valence-electron chi connectivity index (χ0n) is 14.4. The largest absolute Gasteiger partial charge is 0.381 e. The molecule has 1 unspecified atom stereocenters. The number of amides is 1. The molecule has 0 saturated carbocycles. The smallest absolute Gasteiger partial charge is 0.275 e. The number of hydrogen-bond acceptors (Lipinski definition) is 6. The minimum absolute atomic E-state index is 0.0752. The number of thiazole rings is 1. The predicted molar refractivity (Wildman–Crippen MR) is 104 cm³/mol. The monoisotopic (exact) mass is 410 g/mol. The molecule has 144 valence electrons. The lowest BCUT2D eigenvalue weighted by Gasteiger charge is -2.25. The van der Waals surface area contributed by atoms with Gasteiger partial charge in [0, 0.05) is 29.7 Å². The first-order valence-corrected chi connectivity index (χ1v) is 10.7. The Morgan fingerprint density at radius 1 is 1.33 bits per heavy atom. The number of aromatic nitrogens is 1. The number of halogens is 1. The van der Waals surface area contributed by atoms with Gasteiger partial charge in [0.25, 0.3) is 5.91 Å². The van der Waals surface area contributed by atoms with Crippen molar-refractivity contribution in [3.8, 4) is 0 Å². The lowest BCUT2D eigenvalue weighted by Crippen LogP contribution is -2.38. The first-order chi connectivity index (χ1) is 12.8. The van der Waals surface area contributed by atoms with E-state index in [9.17, 15) is 13.4 Å². The van der Waals surface area contributed by atoms with Crippen LogP contribution in [0.2, 0.25) is 0 Å². The molecule has 0 spiro atoms. The quantitative estimate of drug-likeness (QED) is 0.501. The topological polar surface area (TPSA) is 104 Å². The van der Waals surface area contributed by atoms with Crippen LogP contribution in [0.25, 0.3) is 0 Å². The van der Waals surface area contributed by atoms with Crippen LogP contribution >= 0.6 is 11.3 Å². The summed E-state index contributed by atoms with van der Waals surface area (Å²) < 4.78 is 34.2. The van der Waals surface area contributed by atoms with Gasteiger partial charge in [-0.15, -0.1) is 0 Å². The van der Waals surface area contributed by atoms with E-state index in [4.69, 9.17) is 10.1 Å². The van der Waals surface area contributed by atoms with Gasteiger partial charge in [-0.1, -0.05) is 23.5 Å². The van der Waals surface area contributed by atoms with Crippen molar-refractivity contribution in [1.82, 2.24) is 9.71 Å². The van der Waals surface area contributed by atoms with Crippen molar-refractivity contribution in [2.24, 2.45) is 0 Å². The number of carbonyl (C=O) groups excluding carboxylic acids is 1. The van der Waals surface area contributed by atoms with Crippen LogP contribution in [0.1, 0.15) is 18.4 Å². The molecule has 1 aromatic carbocycles. The molecule has 1 fully saturated rings. The number of nitrogens with zero attached hydrogens (tertiary/aromatic N) is 1. The summed E-state index contributed by atoms with van der Waals surface area (Å²) in [6, 6.07) is 6.32. The van der Waals surface area contributed by atoms with Crippen LogP contribution < -0.4 is 10.0 Å². The number of nitrogens with one attached hydrogen (secondary N) is 3. The lowest BCUT2D eigenvalue weighted by molar-refractivity contribution is -0.110. The van der Waals surface area contributed by atoms with Crippen molar-refractivity contribution in [3.05, 3.63) is 41.2 Å². The molecule has 3 rings (SSSR count). The number of anilines is 1. The van der Waals surface area contributed by atoms with E-state index in [0.29, 0.717) is 35.0 Å². The third-order valence-electron chi connectivity index (χ3n) is 4.03. The third kappa shape index (κ3) is 4.98. The number of benzene rings is 1. The van der Waals surface area contributed by atoms with Crippen LogP contribution in [-0.4, -0.2) is 45.9 Å². The van der Waals surface area contributed by atoms with Crippen LogP contribution in [0, 0.1) is 10.5 Å². The maximum atomic E-state index is 12.9. The number of hydrogen-bond donors (Lipinski definition) is 3. The summed E-state index contributed by atoms with van der Waals surface area (Å²) in [4.78, 5) is 16.3. The summed E-state index contributed by atoms with van der Waals surface area (Å²) >= 11 is 0.681. The molecule has 1 amide bonds. The molecule has 10 heteroatoms. The Morgan fingerprint density at radius 2 is 2.00 bits per heavy atom. The van der Waals surface area contributed by atoms with Gasteiger partial charge in [0.15, 0.2) is 10.3 Å². The molecule has 1 aromatic heterocycles. The second kappa shape index (κ2) is 8.26. The Kier molecular flexibility index (Phi) is 6.00. The summed E-state index contributed by atoms with van der Waals surface area (Å²) in [6.45, 7) is 1.25. The second-order valence-corrected chi connectivity index (χ2v) is 9.04. The standard InChI is InChI=1S/C17H19FN4O3S2/c1-27(24,22-12-6-8-25-9-7-12)13-4-2-11(3-5-13)15(19)16(23)21-17-20-10-14(18)26-17/h2-5,10,12,19H,1,6-9H2,(H,22,24)(H,20,21,23). The summed E-state index contributed by atoms with van der Waals surface area (Å²) in [7, 11) is -2.69. The third-order valence-corrected chi connectivity index (χ3v) is 6.48. The zero-order valence-corrected chi connectivity index (χ0v) is 16.0. The SMILES string of the molecule is C=S(=O)(NC1CCOCC1)c1ccc(C(=N)C(=O)Nc2ncc(F)s2)cc1. The fourth-order valence-electron chi connectivity index (χ4n) is 2.60. The minimum atomic E-state index is -2.69. The van der Waals surface area contributed by atoms with Crippen molar-refractivity contribution in [2.75, 3.05) is 18.5 Å². The molecule has 1 aliphatic heterocycles. The summed E-state index contributed by atoms with van der Waals surface area (Å²) in [5.41, 5.74) is 0.0413. The van der Waals surface area contributed by atoms with E-state index in [1.807, 2.05) is 0 Å². The maximum absolute atomic E-state index is 12.9. The molecule has 3 N–H and O–H groups in total. The molecule has 7 nitrogen and oxygen atoms in total. The summed E-state index contributed by atoms with van der Waals surface area (Å²) in [6.07, 6.45) is 2.54. The molecule has 1 atom stereocenters. The molecule has 0 aliphatic carbocycles. The Balaban J connectivity index is 1.66. The normalized spacial score (nSPS) is 17.2. The van der Waals surface area contributed by atoms with E-state index in [2.05, 4.69) is 20.9 Å². The molecular formula is C17H19FN4O3S2. The van der Waals surface area contributed by atoms with Gasteiger partial charge < -0.3 is 4.74 Å². The Hall–Kier alpha value is -2.14. The van der Waals surface area contributed by atoms with E-state index in [-0.39, 0.29) is 16.9 Å². The molecule has 2 aromatic rings. The average molecular weight is 410 g/mol. The second-order valence-electron chi connectivity index (χ2n) is 6.00. The van der Waals surface area contributed by atoms with E-state index in [0.717, 1.165) is 19.0 Å². The zero-order chi connectivity index (χ0) is 19.4. The van der Waals surface area contributed by atoms with Crippen LogP contribution in [0.5, 0.6) is 0 Å². The molecule has 1 saturated heterocycles. The Labute approximate surface area is 160 Å². The van der Waals surface area contributed by atoms with E-state index in [1.165, 1.54) is 12.1 Å². The highest BCUT2D eigenvalue weighted by Crippen LogP contribution is 2.17. The van der Waals surface area contributed by atoms with Crippen molar-refractivity contribution in [2.45, 2.75) is 23.8 Å². The van der Waals surface area contributed by atoms with Gasteiger partial charge in [0.2, 0.25) is 0 Å². The summed E-state index contributed by atoms with van der Waals surface area (Å²) in [5, 5.41) is 9.91. The van der Waals surface area contributed by atoms with Crippen LogP contribution in [0.4, 0.5) is 9.52 Å². The molecule has 0 bridgehead atoms. The molecule has 2 heterocycles. The van der Waals surface area contributed by atoms with Crippen LogP contribution in [-0.2, 0) is 19.2 Å². The van der Waals surface area contributed by atoms with Gasteiger partial charge in [-0.3, -0.25) is 15.5 Å². The lowest BCUT2D eigenvalue weighted by atomic mass is 10.1. The van der Waals surface area contributed by atoms with Crippen LogP contribution in [0.15, 0.2) is 35.4 Å². The number of ether oxygens (including phenoxy) is 1. The fourth-order valence-corrected chi connectivity index (χ4v) is 4.62. The van der Waals surface area contributed by atoms with Gasteiger partial charge in [-0.05, 0) is 30.8 Å². The van der Waals surface area contributed by atoms with Gasteiger partial charge in [0.1, 0.15) is 5.71 Å². The first kappa shape index (κ1) is 19.6. The Bertz CT molecular complexity index is 935. The van der Waals surface area contributed by atoms with Gasteiger partial charge in [-0.2, -0.15) is 4.39 Å². The van der Waals surface area contributed by atoms with E-state index < -0.39 is 20.7 Å². The van der Waals surface area contributed by atoms with Crippen molar-refractivity contribution in [1.29, 1.82) is 5.41 Å². The molecule has 27 heavy (non-hydrogen) atoms. The predicted octanol–water partition coefficient (Wildman–Crippen LogP) is 2.05. The van der Waals surface area contributed by atoms with E-state index >= 15 is 0 Å². The highest BCUT2D eigenvalue weighted by molar-refractivity contribution is 7.98. The fraction of sp³-hybridized carbons (Fsp3) is 0.294. The number of rotatable bonds is 6. The van der Waals surface area contributed by atoms with Gasteiger partial charge in [0.05, 0.1) is 15.9 Å². The van der Waals surface area contributed by atoms with Gasteiger partial charge in [-0.25, -0.2) is 13.9 Å². The first-order valence-electron chi connectivity index (χ1n) is 8.19.